The molecule has 1 amide bonds. The van der Waals surface area contributed by atoms with Crippen molar-refractivity contribution < 1.29 is 9.72 Å². The van der Waals surface area contributed by atoms with Crippen LogP contribution >= 0.6 is 0 Å². The number of hydrogen-bond donors (Lipinski definition) is 2. The number of fused-ring (bicyclic) bond motifs is 1. The first kappa shape index (κ1) is 17.4. The number of aromatic nitrogens is 3. The fourth-order valence-corrected chi connectivity index (χ4v) is 3.27. The summed E-state index contributed by atoms with van der Waals surface area (Å²) in [4.78, 5) is 27.0. The van der Waals surface area contributed by atoms with Crippen LogP contribution in [0.5, 0.6) is 0 Å². The van der Waals surface area contributed by atoms with Gasteiger partial charge in [-0.25, -0.2) is 4.68 Å². The van der Waals surface area contributed by atoms with E-state index in [0.29, 0.717) is 28.6 Å². The molecule has 1 unspecified atom stereocenters. The number of hydrogen-bond acceptors (Lipinski definition) is 6. The highest BCUT2D eigenvalue weighted by molar-refractivity contribution is 5.95. The average molecular weight is 376 g/mol. The summed E-state index contributed by atoms with van der Waals surface area (Å²) in [6.45, 7) is 1.76. The van der Waals surface area contributed by atoms with Gasteiger partial charge in [-0.3, -0.25) is 14.9 Å². The maximum absolute atomic E-state index is 12.1. The standard InChI is InChI=1S/C19H16N6O3/c1-11-15(17(20)26)16(12-5-3-2-4-6-12)24-19(21-11)22-18(23-24)13-7-9-14(10-8-13)25(27)28/h2-10,16H,1H3,(H2,20,26)(H,21,22,23). The number of nitrogens with zero attached hydrogens (tertiary/aromatic N) is 4. The number of primary amides is 1. The van der Waals surface area contributed by atoms with Gasteiger partial charge >= 0.3 is 0 Å². The first-order valence-corrected chi connectivity index (χ1v) is 8.49. The number of benzene rings is 2. The summed E-state index contributed by atoms with van der Waals surface area (Å²) in [6.07, 6.45) is 0. The molecular weight excluding hydrogens is 360 g/mol. The molecule has 0 saturated heterocycles. The molecule has 0 bridgehead atoms. The van der Waals surface area contributed by atoms with Crippen LogP contribution in [0.3, 0.4) is 0 Å². The summed E-state index contributed by atoms with van der Waals surface area (Å²) < 4.78 is 1.61. The number of allylic oxidation sites excluding steroid dienone is 1. The summed E-state index contributed by atoms with van der Waals surface area (Å²) in [7, 11) is 0. The normalized spacial score (nSPS) is 15.7. The Labute approximate surface area is 159 Å². The second-order valence-electron chi connectivity index (χ2n) is 6.35. The van der Waals surface area contributed by atoms with Gasteiger partial charge in [-0.15, -0.1) is 5.10 Å². The highest BCUT2D eigenvalue weighted by Gasteiger charge is 2.33. The molecule has 9 nitrogen and oxygen atoms in total. The zero-order valence-corrected chi connectivity index (χ0v) is 14.9. The van der Waals surface area contributed by atoms with Gasteiger partial charge in [0.25, 0.3) is 5.69 Å². The third-order valence-corrected chi connectivity index (χ3v) is 4.57. The SMILES string of the molecule is CC1=C(C(N)=O)C(c2ccccc2)n2nc(-c3ccc([N+](=O)[O-])cc3)nc2N1. The number of nitro benzene ring substituents is 1. The molecule has 2 aromatic carbocycles. The molecule has 3 aromatic rings. The molecule has 1 aromatic heterocycles. The number of carbonyl (C=O) groups is 1. The van der Waals surface area contributed by atoms with Crippen molar-refractivity contribution in [2.75, 3.05) is 5.32 Å². The van der Waals surface area contributed by atoms with Crippen LogP contribution in [0, 0.1) is 10.1 Å². The van der Waals surface area contributed by atoms with E-state index in [9.17, 15) is 14.9 Å². The Kier molecular flexibility index (Phi) is 4.11. The van der Waals surface area contributed by atoms with E-state index in [1.165, 1.54) is 12.1 Å². The fraction of sp³-hybridized carbons (Fsp3) is 0.105. The lowest BCUT2D eigenvalue weighted by Crippen LogP contribution is -2.31. The monoisotopic (exact) mass is 376 g/mol. The van der Waals surface area contributed by atoms with E-state index < -0.39 is 16.9 Å². The number of anilines is 1. The number of carbonyl (C=O) groups excluding carboxylic acids is 1. The predicted octanol–water partition coefficient (Wildman–Crippen LogP) is 2.63. The van der Waals surface area contributed by atoms with Crippen molar-refractivity contribution >= 4 is 17.5 Å². The van der Waals surface area contributed by atoms with Crippen molar-refractivity contribution in [3.8, 4) is 11.4 Å². The summed E-state index contributed by atoms with van der Waals surface area (Å²) in [5, 5.41) is 18.5. The minimum absolute atomic E-state index is 0.0125. The van der Waals surface area contributed by atoms with Crippen LogP contribution in [0.25, 0.3) is 11.4 Å². The summed E-state index contributed by atoms with van der Waals surface area (Å²) >= 11 is 0. The van der Waals surface area contributed by atoms with Crippen LogP contribution in [0.1, 0.15) is 18.5 Å². The Hall–Kier alpha value is -4.01. The first-order valence-electron chi connectivity index (χ1n) is 8.49. The van der Waals surface area contributed by atoms with Crippen molar-refractivity contribution in [2.24, 2.45) is 5.73 Å². The molecule has 0 aliphatic carbocycles. The number of amides is 1. The van der Waals surface area contributed by atoms with Crippen LogP contribution in [0.15, 0.2) is 65.9 Å². The van der Waals surface area contributed by atoms with Crippen molar-refractivity contribution in [3.63, 3.8) is 0 Å². The van der Waals surface area contributed by atoms with E-state index in [1.807, 2.05) is 30.3 Å². The van der Waals surface area contributed by atoms with Crippen LogP contribution in [0.4, 0.5) is 11.6 Å². The Balaban J connectivity index is 1.82. The predicted molar refractivity (Wildman–Crippen MR) is 102 cm³/mol. The third-order valence-electron chi connectivity index (χ3n) is 4.57. The van der Waals surface area contributed by atoms with E-state index in [-0.39, 0.29) is 5.69 Å². The topological polar surface area (TPSA) is 129 Å². The molecule has 1 aliphatic rings. The Bertz CT molecular complexity index is 1100. The second kappa shape index (κ2) is 6.62. The Morgan fingerprint density at radius 3 is 2.46 bits per heavy atom. The van der Waals surface area contributed by atoms with Gasteiger partial charge in [0.2, 0.25) is 11.9 Å². The van der Waals surface area contributed by atoms with Crippen molar-refractivity contribution in [2.45, 2.75) is 13.0 Å². The zero-order chi connectivity index (χ0) is 19.8. The van der Waals surface area contributed by atoms with Gasteiger partial charge in [-0.1, -0.05) is 30.3 Å². The van der Waals surface area contributed by atoms with Gasteiger partial charge in [0, 0.05) is 23.4 Å². The van der Waals surface area contributed by atoms with E-state index >= 15 is 0 Å². The second-order valence-corrected chi connectivity index (χ2v) is 6.35. The van der Waals surface area contributed by atoms with E-state index in [0.717, 1.165) is 5.56 Å². The van der Waals surface area contributed by atoms with Gasteiger partial charge < -0.3 is 11.1 Å². The van der Waals surface area contributed by atoms with Crippen LogP contribution in [0.2, 0.25) is 0 Å². The van der Waals surface area contributed by atoms with E-state index in [2.05, 4.69) is 15.4 Å². The fourth-order valence-electron chi connectivity index (χ4n) is 3.27. The van der Waals surface area contributed by atoms with Crippen molar-refractivity contribution in [3.05, 3.63) is 81.5 Å². The quantitative estimate of drug-likeness (QED) is 0.532. The Morgan fingerprint density at radius 1 is 1.18 bits per heavy atom. The van der Waals surface area contributed by atoms with Gasteiger partial charge in [0.15, 0.2) is 5.82 Å². The van der Waals surface area contributed by atoms with Crippen LogP contribution < -0.4 is 11.1 Å². The molecule has 28 heavy (non-hydrogen) atoms. The molecule has 3 N–H and O–H groups in total. The molecule has 0 saturated carbocycles. The minimum atomic E-state index is -0.545. The molecule has 0 fully saturated rings. The molecule has 140 valence electrons. The lowest BCUT2D eigenvalue weighted by molar-refractivity contribution is -0.384. The summed E-state index contributed by atoms with van der Waals surface area (Å²) in [5.74, 6) is 0.304. The number of non-ortho nitro benzene ring substituents is 1. The molecule has 1 aliphatic heterocycles. The smallest absolute Gasteiger partial charge is 0.269 e. The minimum Gasteiger partial charge on any atom is -0.366 e. The van der Waals surface area contributed by atoms with Crippen LogP contribution in [-0.2, 0) is 4.79 Å². The zero-order valence-electron chi connectivity index (χ0n) is 14.9. The molecule has 4 rings (SSSR count). The van der Waals surface area contributed by atoms with E-state index in [1.54, 1.807) is 23.7 Å². The van der Waals surface area contributed by atoms with Crippen LogP contribution in [-0.4, -0.2) is 25.6 Å². The lowest BCUT2D eigenvalue weighted by atomic mass is 9.95. The van der Waals surface area contributed by atoms with Crippen molar-refractivity contribution in [1.29, 1.82) is 0 Å². The average Bonchev–Trinajstić information content (AvgIpc) is 3.11. The number of nitrogens with one attached hydrogen (secondary N) is 1. The third kappa shape index (κ3) is 2.88. The maximum Gasteiger partial charge on any atom is 0.269 e. The highest BCUT2D eigenvalue weighted by atomic mass is 16.6. The lowest BCUT2D eigenvalue weighted by Gasteiger charge is -2.27. The number of nitrogens with two attached hydrogens (primary N) is 1. The number of rotatable bonds is 4. The molecule has 0 radical (unpaired) electrons. The van der Waals surface area contributed by atoms with Gasteiger partial charge in [-0.2, -0.15) is 4.98 Å². The molecule has 0 spiro atoms. The van der Waals surface area contributed by atoms with Crippen molar-refractivity contribution in [1.82, 2.24) is 14.8 Å². The molecular formula is C19H16N6O3. The van der Waals surface area contributed by atoms with E-state index in [4.69, 9.17) is 5.73 Å². The molecule has 2 heterocycles. The van der Waals surface area contributed by atoms with Gasteiger partial charge in [-0.05, 0) is 24.6 Å². The molecule has 1 atom stereocenters. The largest absolute Gasteiger partial charge is 0.366 e. The number of nitro groups is 1. The summed E-state index contributed by atoms with van der Waals surface area (Å²) in [6, 6.07) is 14.9. The maximum atomic E-state index is 12.1. The molecule has 9 heteroatoms. The highest BCUT2D eigenvalue weighted by Crippen LogP contribution is 2.36. The van der Waals surface area contributed by atoms with Gasteiger partial charge in [0.1, 0.15) is 6.04 Å². The first-order chi connectivity index (χ1) is 13.5. The van der Waals surface area contributed by atoms with Gasteiger partial charge in [0.05, 0.1) is 10.5 Å². The summed E-state index contributed by atoms with van der Waals surface area (Å²) in [5.41, 5.74) is 8.11. The Morgan fingerprint density at radius 2 is 1.86 bits per heavy atom.